The summed E-state index contributed by atoms with van der Waals surface area (Å²) in [7, 11) is 3.39. The summed E-state index contributed by atoms with van der Waals surface area (Å²) in [5.41, 5.74) is 1.22. The maximum absolute atomic E-state index is 11.5. The second-order valence-corrected chi connectivity index (χ2v) is 4.11. The van der Waals surface area contributed by atoms with Crippen molar-refractivity contribution in [3.63, 3.8) is 0 Å². The van der Waals surface area contributed by atoms with Crippen LogP contribution in [0.15, 0.2) is 0 Å². The normalized spacial score (nSPS) is 9.94. The van der Waals surface area contributed by atoms with Crippen LogP contribution in [0, 0.1) is 18.3 Å². The lowest BCUT2D eigenvalue weighted by molar-refractivity contribution is -0.119. The molecule has 1 amide bonds. The summed E-state index contributed by atoms with van der Waals surface area (Å²) < 4.78 is 1.66. The average Bonchev–Trinajstić information content (AvgIpc) is 2.62. The molecule has 0 aliphatic rings. The van der Waals surface area contributed by atoms with E-state index >= 15 is 0 Å². The monoisotopic (exact) mass is 249 g/mol. The largest absolute Gasteiger partial charge is 0.358 e. The minimum Gasteiger partial charge on any atom is -0.358 e. The fourth-order valence-electron chi connectivity index (χ4n) is 1.92. The minimum absolute atomic E-state index is 0.0776. The van der Waals surface area contributed by atoms with E-state index in [4.69, 9.17) is 0 Å². The third kappa shape index (κ3) is 2.80. The molecule has 98 valence electrons. The molecule has 0 saturated carbocycles. The van der Waals surface area contributed by atoms with Crippen molar-refractivity contribution in [2.45, 2.75) is 20.3 Å². The molecule has 0 aliphatic carbocycles. The molecule has 0 atom stereocenters. The number of likely N-dealkylation sites (N-methyl/N-ethyl adjacent to an activating group) is 1. The Balaban J connectivity index is 3.13. The van der Waals surface area contributed by atoms with Crippen LogP contribution in [0.3, 0.4) is 0 Å². The van der Waals surface area contributed by atoms with E-state index in [1.54, 1.807) is 25.7 Å². The molecule has 0 aromatic carbocycles. The molecule has 1 rings (SSSR count). The Morgan fingerprint density at radius 2 is 2.28 bits per heavy atom. The maximum atomic E-state index is 11.5. The highest BCUT2D eigenvalue weighted by Crippen LogP contribution is 2.22. The molecule has 0 aliphatic heterocycles. The van der Waals surface area contributed by atoms with E-state index in [9.17, 15) is 10.1 Å². The second-order valence-electron chi connectivity index (χ2n) is 4.11. The van der Waals surface area contributed by atoms with Gasteiger partial charge in [0.05, 0.1) is 12.2 Å². The molecule has 6 heteroatoms. The van der Waals surface area contributed by atoms with Crippen LogP contribution in [0.4, 0.5) is 5.82 Å². The third-order valence-electron chi connectivity index (χ3n) is 2.71. The van der Waals surface area contributed by atoms with E-state index in [1.165, 1.54) is 0 Å². The number of nitrogens with one attached hydrogen (secondary N) is 1. The summed E-state index contributed by atoms with van der Waals surface area (Å²) in [4.78, 5) is 13.4. The summed E-state index contributed by atoms with van der Waals surface area (Å²) in [6.45, 7) is 4.78. The van der Waals surface area contributed by atoms with Crippen molar-refractivity contribution in [2.75, 3.05) is 25.0 Å². The number of amides is 1. The van der Waals surface area contributed by atoms with Crippen molar-refractivity contribution >= 4 is 11.7 Å². The molecule has 0 spiro atoms. The number of nitriles is 1. The molecule has 1 aromatic heterocycles. The minimum atomic E-state index is -0.0776. The summed E-state index contributed by atoms with van der Waals surface area (Å²) >= 11 is 0. The van der Waals surface area contributed by atoms with Crippen molar-refractivity contribution in [3.8, 4) is 6.07 Å². The molecule has 0 radical (unpaired) electrons. The highest BCUT2D eigenvalue weighted by Gasteiger charge is 2.20. The van der Waals surface area contributed by atoms with Crippen molar-refractivity contribution < 1.29 is 4.79 Å². The second kappa shape index (κ2) is 6.05. The zero-order valence-corrected chi connectivity index (χ0v) is 11.3. The molecule has 1 heterocycles. The van der Waals surface area contributed by atoms with Crippen LogP contribution in [0.5, 0.6) is 0 Å². The van der Waals surface area contributed by atoms with Crippen molar-refractivity contribution in [3.05, 3.63) is 11.3 Å². The lowest BCUT2D eigenvalue weighted by Gasteiger charge is -2.23. The number of nitrogens with zero attached hydrogens (tertiary/aromatic N) is 4. The van der Waals surface area contributed by atoms with E-state index in [2.05, 4.69) is 16.5 Å². The Kier molecular flexibility index (Phi) is 4.72. The highest BCUT2D eigenvalue weighted by molar-refractivity contribution is 5.81. The van der Waals surface area contributed by atoms with Gasteiger partial charge >= 0.3 is 0 Å². The van der Waals surface area contributed by atoms with Gasteiger partial charge in [0, 0.05) is 20.6 Å². The number of carbonyl (C=O) groups is 1. The topological polar surface area (TPSA) is 74.0 Å². The molecule has 18 heavy (non-hydrogen) atoms. The van der Waals surface area contributed by atoms with Crippen LogP contribution in [0.2, 0.25) is 0 Å². The smallest absolute Gasteiger partial charge is 0.239 e. The zero-order chi connectivity index (χ0) is 13.7. The molecular weight excluding hydrogens is 230 g/mol. The number of aryl methyl sites for hydroxylation is 2. The van der Waals surface area contributed by atoms with Crippen LogP contribution in [-0.2, 0) is 11.8 Å². The van der Waals surface area contributed by atoms with Crippen LogP contribution < -0.4 is 10.2 Å². The first kappa shape index (κ1) is 14.0. The number of carbonyl (C=O) groups excluding carboxylic acids is 1. The van der Waals surface area contributed by atoms with E-state index in [1.807, 2.05) is 11.8 Å². The number of hydrogen-bond acceptors (Lipinski definition) is 4. The average molecular weight is 249 g/mol. The predicted molar refractivity (Wildman–Crippen MR) is 69.2 cm³/mol. The lowest BCUT2D eigenvalue weighted by atomic mass is 10.2. The van der Waals surface area contributed by atoms with Gasteiger partial charge < -0.3 is 10.2 Å². The number of hydrogen-bond donors (Lipinski definition) is 1. The molecule has 1 N–H and O–H groups in total. The Morgan fingerprint density at radius 1 is 1.61 bits per heavy atom. The Bertz CT molecular complexity index is 472. The summed E-state index contributed by atoms with van der Waals surface area (Å²) in [5.74, 6) is 0.631. The molecular formula is C12H19N5O. The SMILES string of the molecule is CCCN(CC(=O)NC)c1c(C#N)c(C)nn1C. The molecule has 0 fully saturated rings. The highest BCUT2D eigenvalue weighted by atomic mass is 16.1. The fraction of sp³-hybridized carbons (Fsp3) is 0.583. The maximum Gasteiger partial charge on any atom is 0.239 e. The van der Waals surface area contributed by atoms with Gasteiger partial charge in [0.25, 0.3) is 0 Å². The van der Waals surface area contributed by atoms with Gasteiger partial charge in [-0.1, -0.05) is 6.92 Å². The molecule has 0 unspecified atom stereocenters. The van der Waals surface area contributed by atoms with Gasteiger partial charge in [0.2, 0.25) is 5.91 Å². The molecule has 0 bridgehead atoms. The van der Waals surface area contributed by atoms with Crippen molar-refractivity contribution in [1.82, 2.24) is 15.1 Å². The number of anilines is 1. The van der Waals surface area contributed by atoms with Gasteiger partial charge in [-0.25, -0.2) is 0 Å². The quantitative estimate of drug-likeness (QED) is 0.827. The lowest BCUT2D eigenvalue weighted by Crippen LogP contribution is -2.37. The van der Waals surface area contributed by atoms with E-state index in [0.29, 0.717) is 23.6 Å². The molecule has 1 aromatic rings. The Hall–Kier alpha value is -2.03. The molecule has 0 saturated heterocycles. The first-order valence-electron chi connectivity index (χ1n) is 5.94. The summed E-state index contributed by atoms with van der Waals surface area (Å²) in [6.07, 6.45) is 0.895. The number of rotatable bonds is 5. The van der Waals surface area contributed by atoms with Crippen molar-refractivity contribution in [1.29, 1.82) is 5.26 Å². The Morgan fingerprint density at radius 3 is 2.78 bits per heavy atom. The number of aromatic nitrogens is 2. The predicted octanol–water partition coefficient (Wildman–Crippen LogP) is 0.563. The van der Waals surface area contributed by atoms with E-state index in [0.717, 1.165) is 6.42 Å². The molecule has 6 nitrogen and oxygen atoms in total. The summed E-state index contributed by atoms with van der Waals surface area (Å²) in [6, 6.07) is 2.16. The van der Waals surface area contributed by atoms with Gasteiger partial charge in [0.15, 0.2) is 0 Å². The fourth-order valence-corrected chi connectivity index (χ4v) is 1.92. The van der Waals surface area contributed by atoms with Crippen LogP contribution in [0.25, 0.3) is 0 Å². The van der Waals surface area contributed by atoms with E-state index < -0.39 is 0 Å². The van der Waals surface area contributed by atoms with Crippen LogP contribution in [0.1, 0.15) is 24.6 Å². The van der Waals surface area contributed by atoms with Crippen molar-refractivity contribution in [2.24, 2.45) is 7.05 Å². The van der Waals surface area contributed by atoms with Gasteiger partial charge in [0.1, 0.15) is 17.5 Å². The van der Waals surface area contributed by atoms with Gasteiger partial charge in [-0.15, -0.1) is 0 Å². The first-order chi connectivity index (χ1) is 8.54. The van der Waals surface area contributed by atoms with E-state index in [-0.39, 0.29) is 12.5 Å². The standard InChI is InChI=1S/C12H19N5O/c1-5-6-17(8-11(18)14-3)12-10(7-13)9(2)15-16(12)4/h5-6,8H2,1-4H3,(H,14,18). The van der Waals surface area contributed by atoms with Crippen LogP contribution in [-0.4, -0.2) is 35.8 Å². The summed E-state index contributed by atoms with van der Waals surface area (Å²) in [5, 5.41) is 16.0. The van der Waals surface area contributed by atoms with Crippen LogP contribution >= 0.6 is 0 Å². The van der Waals surface area contributed by atoms with Gasteiger partial charge in [-0.2, -0.15) is 10.4 Å². The third-order valence-corrected chi connectivity index (χ3v) is 2.71. The Labute approximate surface area is 107 Å². The van der Waals surface area contributed by atoms with Gasteiger partial charge in [-0.05, 0) is 13.3 Å². The zero-order valence-electron chi connectivity index (χ0n) is 11.3. The van der Waals surface area contributed by atoms with Gasteiger partial charge in [-0.3, -0.25) is 9.48 Å². The first-order valence-corrected chi connectivity index (χ1v) is 5.94.